The molecule has 0 aromatic carbocycles. The van der Waals surface area contributed by atoms with E-state index >= 15 is 0 Å². The summed E-state index contributed by atoms with van der Waals surface area (Å²) in [5, 5.41) is 14.7. The van der Waals surface area contributed by atoms with E-state index in [1.54, 1.807) is 10.9 Å². The van der Waals surface area contributed by atoms with Gasteiger partial charge in [-0.2, -0.15) is 10.2 Å². The fraction of sp³-hybridized carbons (Fsp3) is 0.500. The van der Waals surface area contributed by atoms with Gasteiger partial charge in [0, 0.05) is 18.3 Å². The van der Waals surface area contributed by atoms with Crippen LogP contribution in [0.1, 0.15) is 24.1 Å². The van der Waals surface area contributed by atoms with E-state index < -0.39 is 0 Å². The third-order valence-corrected chi connectivity index (χ3v) is 4.10. The predicted octanol–water partition coefficient (Wildman–Crippen LogP) is 1.03. The summed E-state index contributed by atoms with van der Waals surface area (Å²) < 4.78 is 6.77. The standard InChI is InChI=1S/C14H17N5O2/c1-19-13(10(6-15-19)16-14(20)11-7-21-11)12-8-4-2-3-5-9(8)17-18-12/h6,11H,2-5,7H2,1H3,(H,16,20)(H,17,18). The highest BCUT2D eigenvalue weighted by atomic mass is 16.6. The number of carbonyl (C=O) groups is 1. The number of fused-ring (bicyclic) bond motifs is 1. The Labute approximate surface area is 121 Å². The number of epoxide rings is 1. The van der Waals surface area contributed by atoms with Gasteiger partial charge in [-0.25, -0.2) is 0 Å². The van der Waals surface area contributed by atoms with Crippen LogP contribution in [0.2, 0.25) is 0 Å². The molecular formula is C14H17N5O2. The van der Waals surface area contributed by atoms with Crippen LogP contribution in [0.25, 0.3) is 11.4 Å². The molecule has 0 saturated carbocycles. The fourth-order valence-electron chi connectivity index (χ4n) is 2.90. The lowest BCUT2D eigenvalue weighted by Gasteiger charge is -2.12. The van der Waals surface area contributed by atoms with E-state index in [1.807, 2.05) is 7.05 Å². The van der Waals surface area contributed by atoms with Crippen molar-refractivity contribution in [3.63, 3.8) is 0 Å². The summed E-state index contributed by atoms with van der Waals surface area (Å²) in [7, 11) is 1.86. The second kappa shape index (κ2) is 4.70. The maximum atomic E-state index is 11.9. The largest absolute Gasteiger partial charge is 0.363 e. The predicted molar refractivity (Wildman–Crippen MR) is 75.8 cm³/mol. The zero-order valence-electron chi connectivity index (χ0n) is 11.8. The van der Waals surface area contributed by atoms with Gasteiger partial charge in [0.15, 0.2) is 6.10 Å². The van der Waals surface area contributed by atoms with E-state index in [9.17, 15) is 4.79 Å². The molecule has 2 aromatic rings. The van der Waals surface area contributed by atoms with Crippen LogP contribution in [-0.2, 0) is 29.4 Å². The molecule has 0 bridgehead atoms. The molecule has 2 aromatic heterocycles. The maximum absolute atomic E-state index is 11.9. The summed E-state index contributed by atoms with van der Waals surface area (Å²) in [4.78, 5) is 11.9. The minimum Gasteiger partial charge on any atom is -0.363 e. The van der Waals surface area contributed by atoms with Crippen molar-refractivity contribution in [3.8, 4) is 11.4 Å². The molecule has 1 aliphatic carbocycles. The van der Waals surface area contributed by atoms with E-state index in [1.165, 1.54) is 24.1 Å². The van der Waals surface area contributed by atoms with Gasteiger partial charge < -0.3 is 10.1 Å². The molecule has 3 heterocycles. The Morgan fingerprint density at radius 3 is 3.10 bits per heavy atom. The monoisotopic (exact) mass is 287 g/mol. The zero-order chi connectivity index (χ0) is 14.4. The molecule has 2 N–H and O–H groups in total. The second-order valence-corrected chi connectivity index (χ2v) is 5.58. The number of amides is 1. The molecule has 1 aliphatic heterocycles. The molecule has 0 radical (unpaired) electrons. The molecule has 1 amide bonds. The number of H-pyrrole nitrogens is 1. The lowest BCUT2D eigenvalue weighted by atomic mass is 9.95. The molecule has 7 nitrogen and oxygen atoms in total. The van der Waals surface area contributed by atoms with Gasteiger partial charge in [0.25, 0.3) is 5.91 Å². The normalized spacial score (nSPS) is 20.1. The first-order valence-corrected chi connectivity index (χ1v) is 7.25. The molecule has 7 heteroatoms. The Morgan fingerprint density at radius 1 is 1.48 bits per heavy atom. The van der Waals surface area contributed by atoms with E-state index in [0.29, 0.717) is 12.3 Å². The van der Waals surface area contributed by atoms with E-state index in [-0.39, 0.29) is 12.0 Å². The first-order valence-electron chi connectivity index (χ1n) is 7.25. The summed E-state index contributed by atoms with van der Waals surface area (Å²) in [5.41, 5.74) is 4.90. The topological polar surface area (TPSA) is 88.1 Å². The highest BCUT2D eigenvalue weighted by molar-refractivity contribution is 5.98. The Balaban J connectivity index is 1.72. The van der Waals surface area contributed by atoms with Gasteiger partial charge in [-0.05, 0) is 25.7 Å². The summed E-state index contributed by atoms with van der Waals surface area (Å²) in [6.45, 7) is 0.499. The molecule has 2 aliphatic rings. The van der Waals surface area contributed by atoms with Gasteiger partial charge in [0.05, 0.1) is 18.5 Å². The molecule has 0 spiro atoms. The van der Waals surface area contributed by atoms with Gasteiger partial charge in [-0.15, -0.1) is 0 Å². The number of ether oxygens (including phenoxy) is 1. The van der Waals surface area contributed by atoms with Crippen LogP contribution < -0.4 is 5.32 Å². The average Bonchev–Trinajstić information content (AvgIpc) is 3.18. The second-order valence-electron chi connectivity index (χ2n) is 5.58. The van der Waals surface area contributed by atoms with Crippen LogP contribution in [0.3, 0.4) is 0 Å². The number of carbonyl (C=O) groups excluding carboxylic acids is 1. The molecule has 1 unspecified atom stereocenters. The summed E-state index contributed by atoms with van der Waals surface area (Å²) >= 11 is 0. The summed E-state index contributed by atoms with van der Waals surface area (Å²) in [6.07, 6.45) is 5.78. The third kappa shape index (κ3) is 2.13. The lowest BCUT2D eigenvalue weighted by molar-refractivity contribution is -0.117. The number of aromatic amines is 1. The van der Waals surface area contributed by atoms with Crippen LogP contribution >= 0.6 is 0 Å². The van der Waals surface area contributed by atoms with Crippen molar-refractivity contribution in [1.29, 1.82) is 0 Å². The lowest BCUT2D eigenvalue weighted by Crippen LogP contribution is -2.18. The molecular weight excluding hydrogens is 270 g/mol. The van der Waals surface area contributed by atoms with E-state index in [4.69, 9.17) is 4.74 Å². The molecule has 1 atom stereocenters. The molecule has 1 fully saturated rings. The molecule has 110 valence electrons. The molecule has 1 saturated heterocycles. The van der Waals surface area contributed by atoms with Crippen LogP contribution in [0, 0.1) is 0 Å². The number of aromatic nitrogens is 4. The number of hydrogen-bond acceptors (Lipinski definition) is 4. The van der Waals surface area contributed by atoms with Crippen molar-refractivity contribution in [2.24, 2.45) is 7.05 Å². The highest BCUT2D eigenvalue weighted by Crippen LogP contribution is 2.33. The van der Waals surface area contributed by atoms with E-state index in [0.717, 1.165) is 24.2 Å². The average molecular weight is 287 g/mol. The van der Waals surface area contributed by atoms with Crippen molar-refractivity contribution in [1.82, 2.24) is 20.0 Å². The van der Waals surface area contributed by atoms with Crippen LogP contribution in [-0.4, -0.2) is 38.6 Å². The Bertz CT molecular complexity index is 698. The maximum Gasteiger partial charge on any atom is 0.256 e. The van der Waals surface area contributed by atoms with E-state index in [2.05, 4.69) is 20.6 Å². The van der Waals surface area contributed by atoms with Crippen LogP contribution in [0.4, 0.5) is 5.69 Å². The van der Waals surface area contributed by atoms with Gasteiger partial charge in [0.1, 0.15) is 11.4 Å². The van der Waals surface area contributed by atoms with Gasteiger partial charge in [0.2, 0.25) is 0 Å². The quantitative estimate of drug-likeness (QED) is 0.825. The number of rotatable bonds is 3. The summed E-state index contributed by atoms with van der Waals surface area (Å²) in [6, 6.07) is 0. The SMILES string of the molecule is Cn1ncc(NC(=O)C2CO2)c1-c1n[nH]c2c1CCCC2. The highest BCUT2D eigenvalue weighted by Gasteiger charge is 2.32. The first kappa shape index (κ1) is 12.6. The zero-order valence-corrected chi connectivity index (χ0v) is 11.8. The number of nitrogens with zero attached hydrogens (tertiary/aromatic N) is 3. The molecule has 4 rings (SSSR count). The van der Waals surface area contributed by atoms with Gasteiger partial charge in [-0.3, -0.25) is 14.6 Å². The third-order valence-electron chi connectivity index (χ3n) is 4.10. The Kier molecular flexibility index (Phi) is 2.81. The minimum absolute atomic E-state index is 0.117. The van der Waals surface area contributed by atoms with Crippen LogP contribution in [0.5, 0.6) is 0 Å². The van der Waals surface area contributed by atoms with Crippen molar-refractivity contribution in [3.05, 3.63) is 17.5 Å². The van der Waals surface area contributed by atoms with Crippen molar-refractivity contribution in [2.45, 2.75) is 31.8 Å². The van der Waals surface area contributed by atoms with Crippen molar-refractivity contribution >= 4 is 11.6 Å². The summed E-state index contributed by atoms with van der Waals surface area (Å²) in [5.74, 6) is -0.117. The smallest absolute Gasteiger partial charge is 0.256 e. The molecule has 21 heavy (non-hydrogen) atoms. The first-order chi connectivity index (χ1) is 10.2. The Morgan fingerprint density at radius 2 is 2.29 bits per heavy atom. The fourth-order valence-corrected chi connectivity index (χ4v) is 2.90. The Hall–Kier alpha value is -2.15. The number of aryl methyl sites for hydroxylation is 2. The van der Waals surface area contributed by atoms with Gasteiger partial charge >= 0.3 is 0 Å². The van der Waals surface area contributed by atoms with Crippen molar-refractivity contribution in [2.75, 3.05) is 11.9 Å². The number of anilines is 1. The van der Waals surface area contributed by atoms with Crippen LogP contribution in [0.15, 0.2) is 6.20 Å². The number of hydrogen-bond donors (Lipinski definition) is 2. The van der Waals surface area contributed by atoms with Crippen molar-refractivity contribution < 1.29 is 9.53 Å². The minimum atomic E-state index is -0.314. The number of nitrogens with one attached hydrogen (secondary N) is 2. The van der Waals surface area contributed by atoms with Gasteiger partial charge in [-0.1, -0.05) is 0 Å².